The second-order valence-corrected chi connectivity index (χ2v) is 6.90. The fourth-order valence-corrected chi connectivity index (χ4v) is 3.06. The molecule has 2 atom stereocenters. The number of carboxylic acids is 1. The van der Waals surface area contributed by atoms with Crippen molar-refractivity contribution in [2.75, 3.05) is 6.54 Å². The Hall–Kier alpha value is -2.45. The highest BCUT2D eigenvalue weighted by Gasteiger charge is 2.49. The Morgan fingerprint density at radius 3 is 2.83 bits per heavy atom. The average Bonchev–Trinajstić information content (AvgIpc) is 3.02. The van der Waals surface area contributed by atoms with Crippen molar-refractivity contribution in [3.8, 4) is 0 Å². The van der Waals surface area contributed by atoms with Crippen LogP contribution in [0.15, 0.2) is 6.08 Å². The zero-order valence-electron chi connectivity index (χ0n) is 13.3. The number of ether oxygens (including phenoxy) is 1. The van der Waals surface area contributed by atoms with Crippen LogP contribution in [0.3, 0.4) is 0 Å². The molecule has 1 fully saturated rings. The molecule has 1 amide bonds. The third-order valence-electron chi connectivity index (χ3n) is 4.12. The van der Waals surface area contributed by atoms with Crippen LogP contribution in [0.5, 0.6) is 0 Å². The van der Waals surface area contributed by atoms with Gasteiger partial charge in [-0.1, -0.05) is 6.08 Å². The van der Waals surface area contributed by atoms with Gasteiger partial charge < -0.3 is 9.84 Å². The molecule has 9 heteroatoms. The summed E-state index contributed by atoms with van der Waals surface area (Å²) in [5.74, 6) is -0.443. The lowest BCUT2D eigenvalue weighted by Crippen LogP contribution is -2.55. The van der Waals surface area contributed by atoms with Crippen LogP contribution in [-0.4, -0.2) is 60.5 Å². The quantitative estimate of drug-likeness (QED) is 0.817. The molecule has 9 nitrogen and oxygen atoms in total. The Morgan fingerprint density at radius 2 is 2.17 bits per heavy atom. The summed E-state index contributed by atoms with van der Waals surface area (Å²) in [5.41, 5.74) is -1.22. The minimum atomic E-state index is -1.06. The third-order valence-corrected chi connectivity index (χ3v) is 4.12. The van der Waals surface area contributed by atoms with Crippen molar-refractivity contribution >= 4 is 18.3 Å². The van der Waals surface area contributed by atoms with Gasteiger partial charge in [-0.05, 0) is 44.0 Å². The topological polar surface area (TPSA) is 110 Å². The predicted octanol–water partition coefficient (Wildman–Crippen LogP) is 0.879. The van der Waals surface area contributed by atoms with Gasteiger partial charge in [0.2, 0.25) is 0 Å². The highest BCUT2D eigenvalue weighted by molar-refractivity contribution is 5.81. The number of amides is 1. The van der Waals surface area contributed by atoms with E-state index >= 15 is 0 Å². The van der Waals surface area contributed by atoms with Gasteiger partial charge in [0.1, 0.15) is 11.6 Å². The molecular formula is C14H19N5O4. The van der Waals surface area contributed by atoms with Crippen LogP contribution in [-0.2, 0) is 14.9 Å². The molecule has 3 rings (SSSR count). The lowest BCUT2D eigenvalue weighted by Gasteiger charge is -2.41. The van der Waals surface area contributed by atoms with Gasteiger partial charge in [0.05, 0.1) is 5.41 Å². The number of likely N-dealkylation sites (tertiary alicyclic amines) is 1. The van der Waals surface area contributed by atoms with Gasteiger partial charge in [-0.15, -0.1) is 5.10 Å². The molecule has 0 radical (unpaired) electrons. The second-order valence-electron chi connectivity index (χ2n) is 6.90. The van der Waals surface area contributed by atoms with Crippen LogP contribution >= 0.6 is 0 Å². The van der Waals surface area contributed by atoms with Gasteiger partial charge in [0.15, 0.2) is 5.82 Å². The maximum absolute atomic E-state index is 12.3. The molecule has 3 heterocycles. The number of carboxylic acid groups (broad SMARTS) is 1. The van der Waals surface area contributed by atoms with Crippen LogP contribution in [0.4, 0.5) is 4.79 Å². The van der Waals surface area contributed by atoms with Crippen molar-refractivity contribution in [1.82, 2.24) is 25.1 Å². The smallest absolute Gasteiger partial charge is 0.411 e. The number of hydrogen-bond acceptors (Lipinski definition) is 6. The summed E-state index contributed by atoms with van der Waals surface area (Å²) in [6.07, 6.45) is 3.79. The number of tetrazole rings is 1. The molecule has 1 spiro atoms. The summed E-state index contributed by atoms with van der Waals surface area (Å²) >= 11 is 0. The van der Waals surface area contributed by atoms with Crippen molar-refractivity contribution in [1.29, 1.82) is 0 Å². The monoisotopic (exact) mass is 321 g/mol. The minimum Gasteiger partial charge on any atom is -0.480 e. The first-order chi connectivity index (χ1) is 10.7. The van der Waals surface area contributed by atoms with Crippen molar-refractivity contribution in [2.24, 2.45) is 0 Å². The molecular weight excluding hydrogens is 302 g/mol. The fraction of sp³-hybridized carbons (Fsp3) is 0.643. The van der Waals surface area contributed by atoms with E-state index in [0.717, 1.165) is 0 Å². The summed E-state index contributed by atoms with van der Waals surface area (Å²) in [5, 5.41) is 21.0. The molecule has 2 unspecified atom stereocenters. The van der Waals surface area contributed by atoms with Crippen molar-refractivity contribution in [3.63, 3.8) is 0 Å². The van der Waals surface area contributed by atoms with Gasteiger partial charge in [0.25, 0.3) is 0 Å². The zero-order chi connectivity index (χ0) is 16.8. The first kappa shape index (κ1) is 15.4. The van der Waals surface area contributed by atoms with E-state index in [2.05, 4.69) is 15.5 Å². The van der Waals surface area contributed by atoms with E-state index in [0.29, 0.717) is 12.2 Å². The first-order valence-electron chi connectivity index (χ1n) is 7.42. The van der Waals surface area contributed by atoms with Gasteiger partial charge in [-0.25, -0.2) is 14.3 Å². The molecule has 0 bridgehead atoms. The molecule has 1 aromatic heterocycles. The number of carbonyl (C=O) groups is 2. The lowest BCUT2D eigenvalue weighted by molar-refractivity contribution is -0.145. The van der Waals surface area contributed by atoms with Gasteiger partial charge >= 0.3 is 12.1 Å². The number of piperidine rings is 1. The fourth-order valence-electron chi connectivity index (χ4n) is 3.06. The molecule has 124 valence electrons. The number of fused-ring (bicyclic) bond motifs is 2. The van der Waals surface area contributed by atoms with E-state index in [1.54, 1.807) is 31.7 Å². The van der Waals surface area contributed by atoms with Crippen molar-refractivity contribution in [2.45, 2.75) is 50.7 Å². The van der Waals surface area contributed by atoms with E-state index in [1.807, 2.05) is 6.08 Å². The average molecular weight is 321 g/mol. The normalized spacial score (nSPS) is 26.4. The Balaban J connectivity index is 1.84. The van der Waals surface area contributed by atoms with E-state index in [4.69, 9.17) is 4.74 Å². The lowest BCUT2D eigenvalue weighted by atomic mass is 9.75. The molecule has 2 aliphatic rings. The number of nitrogens with zero attached hydrogens (tertiary/aromatic N) is 5. The molecule has 0 aliphatic carbocycles. The summed E-state index contributed by atoms with van der Waals surface area (Å²) in [6.45, 7) is 5.52. The largest absolute Gasteiger partial charge is 0.480 e. The van der Waals surface area contributed by atoms with E-state index in [-0.39, 0.29) is 13.0 Å². The standard InChI is InChI=1S/C14H19N5O4/c1-13(2,3)23-12(22)18-6-4-14(8-9(18)10(20)21)5-7-19-11(14)15-16-17-19/h5,7,9H,4,6,8H2,1-3H3,(H,20,21). The number of hydrogen-bond donors (Lipinski definition) is 1. The minimum absolute atomic E-state index is 0.221. The van der Waals surface area contributed by atoms with Gasteiger partial charge in [-0.3, -0.25) is 4.90 Å². The van der Waals surface area contributed by atoms with Crippen molar-refractivity contribution in [3.05, 3.63) is 11.9 Å². The Morgan fingerprint density at radius 1 is 1.43 bits per heavy atom. The molecule has 1 saturated heterocycles. The van der Waals surface area contributed by atoms with Crippen LogP contribution in [0.1, 0.15) is 39.4 Å². The Kier molecular flexibility index (Phi) is 3.38. The SMILES string of the molecule is CC(C)(C)OC(=O)N1CCC2(C=Cn3nnnc32)CC1C(=O)O. The molecule has 0 saturated carbocycles. The second kappa shape index (κ2) is 5.04. The third kappa shape index (κ3) is 2.66. The van der Waals surface area contributed by atoms with Gasteiger partial charge in [-0.2, -0.15) is 0 Å². The van der Waals surface area contributed by atoms with E-state index in [9.17, 15) is 14.7 Å². The highest BCUT2D eigenvalue weighted by Crippen LogP contribution is 2.41. The highest BCUT2D eigenvalue weighted by atomic mass is 16.6. The molecule has 0 aromatic carbocycles. The number of rotatable bonds is 1. The number of aromatic nitrogens is 4. The van der Waals surface area contributed by atoms with Crippen LogP contribution < -0.4 is 0 Å². The van der Waals surface area contributed by atoms with Crippen LogP contribution in [0, 0.1) is 0 Å². The zero-order valence-corrected chi connectivity index (χ0v) is 13.3. The molecule has 1 N–H and O–H groups in total. The number of aliphatic carboxylic acids is 1. The maximum Gasteiger partial charge on any atom is 0.411 e. The predicted molar refractivity (Wildman–Crippen MR) is 78.4 cm³/mol. The number of allylic oxidation sites excluding steroid dienone is 1. The van der Waals surface area contributed by atoms with Crippen LogP contribution in [0.2, 0.25) is 0 Å². The van der Waals surface area contributed by atoms with Gasteiger partial charge in [0, 0.05) is 12.7 Å². The number of carbonyl (C=O) groups excluding carboxylic acids is 1. The van der Waals surface area contributed by atoms with Crippen molar-refractivity contribution < 1.29 is 19.4 Å². The van der Waals surface area contributed by atoms with E-state index in [1.165, 1.54) is 4.90 Å². The maximum atomic E-state index is 12.3. The van der Waals surface area contributed by atoms with E-state index < -0.39 is 29.1 Å². The Labute approximate surface area is 132 Å². The molecule has 2 aliphatic heterocycles. The summed E-state index contributed by atoms with van der Waals surface area (Å²) < 4.78 is 6.87. The summed E-state index contributed by atoms with van der Waals surface area (Å²) in [7, 11) is 0. The molecule has 1 aromatic rings. The molecule has 23 heavy (non-hydrogen) atoms. The summed E-state index contributed by atoms with van der Waals surface area (Å²) in [4.78, 5) is 25.3. The first-order valence-corrected chi connectivity index (χ1v) is 7.42. The Bertz CT molecular complexity index is 677. The van der Waals surface area contributed by atoms with Crippen LogP contribution in [0.25, 0.3) is 6.20 Å². The summed E-state index contributed by atoms with van der Waals surface area (Å²) in [6, 6.07) is -0.980.